The summed E-state index contributed by atoms with van der Waals surface area (Å²) < 4.78 is 41.5. The van der Waals surface area contributed by atoms with Crippen molar-refractivity contribution in [3.05, 3.63) is 70.5 Å². The largest absolute Gasteiger partial charge is 0.493 e. The van der Waals surface area contributed by atoms with Crippen LogP contribution in [0.25, 0.3) is 22.3 Å². The fourth-order valence-electron chi connectivity index (χ4n) is 4.99. The highest BCUT2D eigenvalue weighted by Crippen LogP contribution is 2.43. The van der Waals surface area contributed by atoms with Crippen molar-refractivity contribution in [1.29, 1.82) is 0 Å². The van der Waals surface area contributed by atoms with E-state index in [1.54, 1.807) is 49.6 Å². The molecule has 9 nitrogen and oxygen atoms in total. The molecule has 4 rings (SSSR count). The number of halogens is 1. The molecule has 0 spiro atoms. The molecule has 0 aliphatic rings. The van der Waals surface area contributed by atoms with Crippen LogP contribution in [0.2, 0.25) is 0 Å². The van der Waals surface area contributed by atoms with E-state index in [0.29, 0.717) is 58.7 Å². The lowest BCUT2D eigenvalue weighted by Gasteiger charge is -2.15. The Balaban J connectivity index is 1.94. The molecule has 0 unspecified atom stereocenters. The molecule has 228 valence electrons. The van der Waals surface area contributed by atoms with Crippen molar-refractivity contribution in [3.8, 4) is 56.8 Å². The molecule has 0 aliphatic heterocycles. The van der Waals surface area contributed by atoms with Crippen LogP contribution in [0.4, 0.5) is 0 Å². The summed E-state index contributed by atoms with van der Waals surface area (Å²) >= 11 is 3.66. The smallest absolute Gasteiger partial charge is 0.355 e. The van der Waals surface area contributed by atoms with Gasteiger partial charge in [0.05, 0.1) is 49.3 Å². The standard InChI is InChI=1S/C33H36BrNO8/c1-8-43-33(36)32-31(22-10-12-26(38-3)28(17-22)40-5)23(20-9-11-25(37-2)27(15-20)39-4)19-35(32)14-13-21-16-29(41-6)30(42-7)18-24(21)34/h9-12,15-19H,8,13-14H2,1-7H3. The van der Waals surface area contributed by atoms with Gasteiger partial charge in [0.15, 0.2) is 34.5 Å². The number of aromatic nitrogens is 1. The van der Waals surface area contributed by atoms with Crippen molar-refractivity contribution in [2.45, 2.75) is 19.9 Å². The molecule has 0 bridgehead atoms. The van der Waals surface area contributed by atoms with E-state index in [9.17, 15) is 4.79 Å². The highest BCUT2D eigenvalue weighted by molar-refractivity contribution is 9.10. The molecule has 0 amide bonds. The van der Waals surface area contributed by atoms with Gasteiger partial charge in [0, 0.05) is 28.3 Å². The SMILES string of the molecule is CCOC(=O)c1c(-c2ccc(OC)c(OC)c2)c(-c2ccc(OC)c(OC)c2)cn1CCc1cc(OC)c(OC)cc1Br. The quantitative estimate of drug-likeness (QED) is 0.142. The van der Waals surface area contributed by atoms with Gasteiger partial charge in [0.25, 0.3) is 0 Å². The van der Waals surface area contributed by atoms with Crippen LogP contribution in [0.15, 0.2) is 59.2 Å². The topological polar surface area (TPSA) is 86.6 Å². The average molecular weight is 655 g/mol. The minimum atomic E-state index is -0.439. The Hall–Kier alpha value is -4.31. The number of aryl methyl sites for hydroxylation is 2. The lowest BCUT2D eigenvalue weighted by Crippen LogP contribution is -2.14. The van der Waals surface area contributed by atoms with E-state index in [2.05, 4.69) is 15.9 Å². The highest BCUT2D eigenvalue weighted by atomic mass is 79.9. The molecule has 10 heteroatoms. The summed E-state index contributed by atoms with van der Waals surface area (Å²) in [4.78, 5) is 13.7. The van der Waals surface area contributed by atoms with Gasteiger partial charge in [-0.25, -0.2) is 4.79 Å². The molecule has 3 aromatic carbocycles. The Kier molecular flexibility index (Phi) is 10.5. The van der Waals surface area contributed by atoms with Crippen LogP contribution >= 0.6 is 15.9 Å². The molecule has 4 aromatic rings. The number of carbonyl (C=O) groups is 1. The fourth-order valence-corrected chi connectivity index (χ4v) is 5.51. The first-order valence-electron chi connectivity index (χ1n) is 13.6. The van der Waals surface area contributed by atoms with E-state index in [1.165, 1.54) is 0 Å². The van der Waals surface area contributed by atoms with Gasteiger partial charge in [0.1, 0.15) is 5.69 Å². The molecule has 1 heterocycles. The minimum Gasteiger partial charge on any atom is -0.493 e. The van der Waals surface area contributed by atoms with E-state index >= 15 is 0 Å². The molecule has 0 N–H and O–H groups in total. The maximum absolute atomic E-state index is 13.7. The normalized spacial score (nSPS) is 10.7. The van der Waals surface area contributed by atoms with Gasteiger partial charge in [-0.3, -0.25) is 0 Å². The molecule has 0 saturated carbocycles. The number of hydrogen-bond acceptors (Lipinski definition) is 8. The second kappa shape index (κ2) is 14.2. The van der Waals surface area contributed by atoms with Crippen LogP contribution in [-0.4, -0.2) is 59.8 Å². The number of methoxy groups -OCH3 is 6. The number of nitrogens with zero attached hydrogens (tertiary/aromatic N) is 1. The summed E-state index contributed by atoms with van der Waals surface area (Å²) in [5.74, 6) is 3.09. The van der Waals surface area contributed by atoms with Crippen molar-refractivity contribution in [2.75, 3.05) is 49.3 Å². The molecule has 0 aliphatic carbocycles. The summed E-state index contributed by atoms with van der Waals surface area (Å²) in [6.45, 7) is 2.48. The van der Waals surface area contributed by atoms with Crippen LogP contribution in [0.1, 0.15) is 23.0 Å². The van der Waals surface area contributed by atoms with Crippen molar-refractivity contribution < 1.29 is 38.0 Å². The predicted octanol–water partition coefficient (Wildman–Crippen LogP) is 7.06. The number of carbonyl (C=O) groups excluding carboxylic acids is 1. The van der Waals surface area contributed by atoms with Crippen molar-refractivity contribution >= 4 is 21.9 Å². The first-order valence-corrected chi connectivity index (χ1v) is 14.4. The first kappa shape index (κ1) is 31.6. The maximum Gasteiger partial charge on any atom is 0.355 e. The minimum absolute atomic E-state index is 0.225. The van der Waals surface area contributed by atoms with Gasteiger partial charge < -0.3 is 37.7 Å². The molecule has 43 heavy (non-hydrogen) atoms. The Labute approximate surface area is 260 Å². The fraction of sp³-hybridized carbons (Fsp3) is 0.303. The molecule has 0 fully saturated rings. The average Bonchev–Trinajstić information content (AvgIpc) is 3.42. The number of hydrogen-bond donors (Lipinski definition) is 0. The summed E-state index contributed by atoms with van der Waals surface area (Å²) in [6, 6.07) is 15.1. The van der Waals surface area contributed by atoms with E-state index in [4.69, 9.17) is 33.2 Å². The zero-order valence-electron chi connectivity index (χ0n) is 25.4. The Morgan fingerprint density at radius 2 is 1.21 bits per heavy atom. The zero-order valence-corrected chi connectivity index (χ0v) is 27.0. The lowest BCUT2D eigenvalue weighted by molar-refractivity contribution is 0.0514. The van der Waals surface area contributed by atoms with Gasteiger partial charge in [0.2, 0.25) is 0 Å². The van der Waals surface area contributed by atoms with Crippen LogP contribution in [0.5, 0.6) is 34.5 Å². The zero-order chi connectivity index (χ0) is 31.1. The number of ether oxygens (including phenoxy) is 7. The number of esters is 1. The summed E-state index contributed by atoms with van der Waals surface area (Å²) in [5, 5.41) is 0. The van der Waals surface area contributed by atoms with Crippen LogP contribution < -0.4 is 28.4 Å². The van der Waals surface area contributed by atoms with E-state index < -0.39 is 5.97 Å². The van der Waals surface area contributed by atoms with E-state index in [-0.39, 0.29) is 6.61 Å². The van der Waals surface area contributed by atoms with Gasteiger partial charge in [-0.05, 0) is 66.4 Å². The molecule has 0 radical (unpaired) electrons. The maximum atomic E-state index is 13.7. The van der Waals surface area contributed by atoms with Crippen LogP contribution in [0.3, 0.4) is 0 Å². The first-order chi connectivity index (χ1) is 20.8. The van der Waals surface area contributed by atoms with Gasteiger partial charge in [-0.2, -0.15) is 0 Å². The second-order valence-electron chi connectivity index (χ2n) is 9.37. The Morgan fingerprint density at radius 1 is 0.698 bits per heavy atom. The summed E-state index contributed by atoms with van der Waals surface area (Å²) in [6.07, 6.45) is 2.55. The predicted molar refractivity (Wildman–Crippen MR) is 168 cm³/mol. The Bertz CT molecular complexity index is 1600. The van der Waals surface area contributed by atoms with Crippen molar-refractivity contribution in [1.82, 2.24) is 4.57 Å². The third-order valence-corrected chi connectivity index (χ3v) is 7.83. The number of rotatable bonds is 13. The van der Waals surface area contributed by atoms with E-state index in [1.807, 2.05) is 59.3 Å². The van der Waals surface area contributed by atoms with Gasteiger partial charge in [-0.15, -0.1) is 0 Å². The van der Waals surface area contributed by atoms with Crippen LogP contribution in [-0.2, 0) is 17.7 Å². The van der Waals surface area contributed by atoms with Gasteiger partial charge >= 0.3 is 5.97 Å². The van der Waals surface area contributed by atoms with Gasteiger partial charge in [-0.1, -0.05) is 28.1 Å². The van der Waals surface area contributed by atoms with E-state index in [0.717, 1.165) is 26.7 Å². The number of benzene rings is 3. The second-order valence-corrected chi connectivity index (χ2v) is 10.2. The Morgan fingerprint density at radius 3 is 1.77 bits per heavy atom. The van der Waals surface area contributed by atoms with Crippen molar-refractivity contribution in [3.63, 3.8) is 0 Å². The molecule has 0 atom stereocenters. The summed E-state index contributed by atoms with van der Waals surface area (Å²) in [7, 11) is 9.54. The summed E-state index contributed by atoms with van der Waals surface area (Å²) in [5.41, 5.74) is 4.49. The lowest BCUT2D eigenvalue weighted by atomic mass is 9.96. The monoisotopic (exact) mass is 653 g/mol. The van der Waals surface area contributed by atoms with Crippen molar-refractivity contribution in [2.24, 2.45) is 0 Å². The molecule has 0 saturated heterocycles. The molecule has 1 aromatic heterocycles. The van der Waals surface area contributed by atoms with Crippen LogP contribution in [0, 0.1) is 0 Å². The third kappa shape index (κ3) is 6.54. The molecular weight excluding hydrogens is 618 g/mol. The third-order valence-electron chi connectivity index (χ3n) is 7.09. The highest BCUT2D eigenvalue weighted by Gasteiger charge is 2.27. The molecular formula is C33H36BrNO8.